The monoisotopic (exact) mass is 347 g/mol. The molecule has 0 saturated carbocycles. The molecule has 1 heterocycles. The van der Waals surface area contributed by atoms with Gasteiger partial charge in [0.25, 0.3) is 0 Å². The minimum Gasteiger partial charge on any atom is -0.493 e. The molecule has 2 aromatic rings. The van der Waals surface area contributed by atoms with Crippen LogP contribution in [0.1, 0.15) is 11.3 Å². The number of aliphatic imine (C=N–C) groups is 1. The number of nitrogens with zero attached hydrogens (tertiary/aromatic N) is 3. The van der Waals surface area contributed by atoms with Crippen LogP contribution in [-0.2, 0) is 20.1 Å². The predicted molar refractivity (Wildman–Crippen MR) is 96.3 cm³/mol. The van der Waals surface area contributed by atoms with Gasteiger partial charge in [-0.15, -0.1) is 0 Å². The summed E-state index contributed by atoms with van der Waals surface area (Å²) in [7, 11) is 8.42. The first-order chi connectivity index (χ1) is 12.1. The van der Waals surface area contributed by atoms with Crippen LogP contribution in [0.2, 0.25) is 0 Å². The molecule has 0 bridgehead atoms. The molecule has 8 heteroatoms. The second-order valence-electron chi connectivity index (χ2n) is 5.26. The highest BCUT2D eigenvalue weighted by molar-refractivity contribution is 5.79. The van der Waals surface area contributed by atoms with Crippen molar-refractivity contribution >= 4 is 5.96 Å². The summed E-state index contributed by atoms with van der Waals surface area (Å²) in [5.74, 6) is 2.51. The Kier molecular flexibility index (Phi) is 6.50. The van der Waals surface area contributed by atoms with Crippen LogP contribution in [0.25, 0.3) is 0 Å². The van der Waals surface area contributed by atoms with Crippen LogP contribution < -0.4 is 24.8 Å². The van der Waals surface area contributed by atoms with Gasteiger partial charge in [0.2, 0.25) is 5.75 Å². The number of benzene rings is 1. The maximum atomic E-state index is 5.37. The van der Waals surface area contributed by atoms with Gasteiger partial charge in [0.15, 0.2) is 17.5 Å². The molecule has 0 radical (unpaired) electrons. The molecule has 0 unspecified atom stereocenters. The van der Waals surface area contributed by atoms with Crippen LogP contribution in [0, 0.1) is 0 Å². The first-order valence-corrected chi connectivity index (χ1v) is 7.83. The van der Waals surface area contributed by atoms with Gasteiger partial charge < -0.3 is 24.8 Å². The van der Waals surface area contributed by atoms with E-state index in [-0.39, 0.29) is 0 Å². The highest BCUT2D eigenvalue weighted by atomic mass is 16.5. The van der Waals surface area contributed by atoms with Gasteiger partial charge >= 0.3 is 0 Å². The van der Waals surface area contributed by atoms with Gasteiger partial charge in [-0.2, -0.15) is 5.10 Å². The summed E-state index contributed by atoms with van der Waals surface area (Å²) in [5.41, 5.74) is 2.05. The molecule has 1 aromatic carbocycles. The summed E-state index contributed by atoms with van der Waals surface area (Å²) in [6.07, 6.45) is 1.77. The summed E-state index contributed by atoms with van der Waals surface area (Å²) >= 11 is 0. The molecule has 0 aliphatic rings. The Bertz CT molecular complexity index is 702. The van der Waals surface area contributed by atoms with Crippen LogP contribution in [0.4, 0.5) is 0 Å². The van der Waals surface area contributed by atoms with E-state index in [1.165, 1.54) is 0 Å². The van der Waals surface area contributed by atoms with Crippen molar-refractivity contribution in [1.29, 1.82) is 0 Å². The summed E-state index contributed by atoms with van der Waals surface area (Å²) in [4.78, 5) is 4.23. The number of rotatable bonds is 7. The van der Waals surface area contributed by atoms with Crippen molar-refractivity contribution in [1.82, 2.24) is 20.4 Å². The van der Waals surface area contributed by atoms with Crippen LogP contribution in [-0.4, -0.2) is 44.1 Å². The summed E-state index contributed by atoms with van der Waals surface area (Å²) < 4.78 is 17.9. The molecule has 0 aliphatic heterocycles. The molecule has 0 atom stereocenters. The molecular weight excluding hydrogens is 322 g/mol. The molecule has 0 spiro atoms. The van der Waals surface area contributed by atoms with Crippen molar-refractivity contribution < 1.29 is 14.2 Å². The molecule has 2 rings (SSSR count). The smallest absolute Gasteiger partial charge is 0.203 e. The van der Waals surface area contributed by atoms with Crippen molar-refractivity contribution in [2.75, 3.05) is 28.4 Å². The zero-order valence-corrected chi connectivity index (χ0v) is 15.3. The van der Waals surface area contributed by atoms with Crippen molar-refractivity contribution in [3.8, 4) is 17.2 Å². The first-order valence-electron chi connectivity index (χ1n) is 7.83. The van der Waals surface area contributed by atoms with Crippen molar-refractivity contribution in [3.05, 3.63) is 35.7 Å². The van der Waals surface area contributed by atoms with Gasteiger partial charge in [0.1, 0.15) is 0 Å². The molecule has 2 N–H and O–H groups in total. The van der Waals surface area contributed by atoms with Crippen molar-refractivity contribution in [2.24, 2.45) is 12.0 Å². The first kappa shape index (κ1) is 18.4. The van der Waals surface area contributed by atoms with Gasteiger partial charge in [-0.25, -0.2) is 0 Å². The van der Waals surface area contributed by atoms with Crippen LogP contribution >= 0.6 is 0 Å². The summed E-state index contributed by atoms with van der Waals surface area (Å²) in [6.45, 7) is 1.19. The maximum absolute atomic E-state index is 5.37. The molecule has 8 nitrogen and oxygen atoms in total. The Morgan fingerprint density at radius 1 is 1.08 bits per heavy atom. The van der Waals surface area contributed by atoms with E-state index in [2.05, 4.69) is 20.7 Å². The Labute approximate surface area is 147 Å². The van der Waals surface area contributed by atoms with Gasteiger partial charge in [-0.05, 0) is 23.8 Å². The zero-order valence-electron chi connectivity index (χ0n) is 15.3. The van der Waals surface area contributed by atoms with Crippen LogP contribution in [0.5, 0.6) is 17.2 Å². The highest BCUT2D eigenvalue weighted by Gasteiger charge is 2.13. The number of aryl methyl sites for hydroxylation is 1. The quantitative estimate of drug-likeness (QED) is 0.581. The number of hydrogen-bond donors (Lipinski definition) is 2. The van der Waals surface area contributed by atoms with Gasteiger partial charge in [0, 0.05) is 26.8 Å². The average Bonchev–Trinajstić information content (AvgIpc) is 3.05. The predicted octanol–water partition coefficient (Wildman–Crippen LogP) is 1.31. The minimum absolute atomic E-state index is 0.557. The third-order valence-corrected chi connectivity index (χ3v) is 3.77. The summed E-state index contributed by atoms with van der Waals surface area (Å²) in [5, 5.41) is 10.7. The Hall–Kier alpha value is -2.90. The van der Waals surface area contributed by atoms with E-state index < -0.39 is 0 Å². The van der Waals surface area contributed by atoms with Crippen LogP contribution in [0.3, 0.4) is 0 Å². The van der Waals surface area contributed by atoms with E-state index in [1.54, 1.807) is 34.6 Å². The van der Waals surface area contributed by atoms with Gasteiger partial charge in [0.05, 0.1) is 33.6 Å². The molecular formula is C17H25N5O3. The number of methoxy groups -OCH3 is 3. The van der Waals surface area contributed by atoms with Gasteiger partial charge in [-0.3, -0.25) is 9.67 Å². The number of aromatic nitrogens is 2. The SMILES string of the molecule is CN=C(NCc1cc(OC)c(OC)c(OC)c1)NCc1ccnn1C. The summed E-state index contributed by atoms with van der Waals surface area (Å²) in [6, 6.07) is 5.77. The van der Waals surface area contributed by atoms with E-state index in [0.717, 1.165) is 11.3 Å². The molecule has 25 heavy (non-hydrogen) atoms. The molecule has 0 saturated heterocycles. The third-order valence-electron chi connectivity index (χ3n) is 3.77. The van der Waals surface area contributed by atoms with Crippen molar-refractivity contribution in [3.63, 3.8) is 0 Å². The Balaban J connectivity index is 2.02. The Morgan fingerprint density at radius 2 is 1.72 bits per heavy atom. The topological polar surface area (TPSA) is 81.9 Å². The fourth-order valence-corrected chi connectivity index (χ4v) is 2.39. The maximum Gasteiger partial charge on any atom is 0.203 e. The van der Waals surface area contributed by atoms with Crippen molar-refractivity contribution in [2.45, 2.75) is 13.1 Å². The number of guanidine groups is 1. The average molecular weight is 347 g/mol. The van der Waals surface area contributed by atoms with E-state index in [0.29, 0.717) is 36.3 Å². The highest BCUT2D eigenvalue weighted by Crippen LogP contribution is 2.38. The van der Waals surface area contributed by atoms with E-state index >= 15 is 0 Å². The normalized spacial score (nSPS) is 11.2. The van der Waals surface area contributed by atoms with E-state index in [4.69, 9.17) is 14.2 Å². The number of hydrogen-bond acceptors (Lipinski definition) is 5. The lowest BCUT2D eigenvalue weighted by atomic mass is 10.2. The molecule has 1 aromatic heterocycles. The third kappa shape index (κ3) is 4.56. The lowest BCUT2D eigenvalue weighted by molar-refractivity contribution is 0.323. The second-order valence-corrected chi connectivity index (χ2v) is 5.26. The fraction of sp³-hybridized carbons (Fsp3) is 0.412. The molecule has 0 fully saturated rings. The molecule has 0 amide bonds. The van der Waals surface area contributed by atoms with Gasteiger partial charge in [-0.1, -0.05) is 0 Å². The fourth-order valence-electron chi connectivity index (χ4n) is 2.39. The lowest BCUT2D eigenvalue weighted by Crippen LogP contribution is -2.36. The van der Waals surface area contributed by atoms with E-state index in [9.17, 15) is 0 Å². The largest absolute Gasteiger partial charge is 0.493 e. The van der Waals surface area contributed by atoms with Crippen LogP contribution in [0.15, 0.2) is 29.4 Å². The minimum atomic E-state index is 0.557. The lowest BCUT2D eigenvalue weighted by Gasteiger charge is -2.16. The second kappa shape index (κ2) is 8.81. The zero-order chi connectivity index (χ0) is 18.2. The molecule has 136 valence electrons. The van der Waals surface area contributed by atoms with E-state index in [1.807, 2.05) is 29.9 Å². The number of nitrogens with one attached hydrogen (secondary N) is 2. The standard InChI is InChI=1S/C17H25N5O3/c1-18-17(20-11-13-6-7-21-22(13)2)19-10-12-8-14(23-3)16(25-5)15(9-12)24-4/h6-9H,10-11H2,1-5H3,(H2,18,19,20). The molecule has 0 aliphatic carbocycles. The number of ether oxygens (including phenoxy) is 3. The Morgan fingerprint density at radius 3 is 2.20 bits per heavy atom.